The Bertz CT molecular complexity index is 382. The summed E-state index contributed by atoms with van der Waals surface area (Å²) in [5, 5.41) is 4.12. The standard InChI is InChI=1S/C13H15NO/c1-2-9-15-14-13-8-7-11-5-3-4-6-12(11)10-13/h2-6H,1,7-10H2/b14-13+. The van der Waals surface area contributed by atoms with Gasteiger partial charge in [0, 0.05) is 6.42 Å². The van der Waals surface area contributed by atoms with E-state index in [4.69, 9.17) is 4.84 Å². The molecule has 0 saturated carbocycles. The van der Waals surface area contributed by atoms with E-state index in [0.29, 0.717) is 6.61 Å². The van der Waals surface area contributed by atoms with Crippen LogP contribution in [0.5, 0.6) is 0 Å². The highest BCUT2D eigenvalue weighted by atomic mass is 16.6. The van der Waals surface area contributed by atoms with Gasteiger partial charge < -0.3 is 4.84 Å². The lowest BCUT2D eigenvalue weighted by Crippen LogP contribution is -2.13. The van der Waals surface area contributed by atoms with Gasteiger partial charge >= 0.3 is 0 Å². The third-order valence-corrected chi connectivity index (χ3v) is 2.58. The Balaban J connectivity index is 2.05. The molecule has 1 aromatic rings. The predicted octanol–water partition coefficient (Wildman–Crippen LogP) is 2.73. The molecule has 0 N–H and O–H groups in total. The highest BCUT2D eigenvalue weighted by Gasteiger charge is 2.13. The number of hydrogen-bond donors (Lipinski definition) is 0. The second-order valence-electron chi connectivity index (χ2n) is 3.69. The van der Waals surface area contributed by atoms with Crippen LogP contribution in [0.4, 0.5) is 0 Å². The number of rotatable bonds is 3. The summed E-state index contributed by atoms with van der Waals surface area (Å²) < 4.78 is 0. The first-order valence-corrected chi connectivity index (χ1v) is 5.25. The van der Waals surface area contributed by atoms with E-state index in [1.807, 2.05) is 0 Å². The fraction of sp³-hybridized carbons (Fsp3) is 0.308. The van der Waals surface area contributed by atoms with Crippen molar-refractivity contribution in [3.63, 3.8) is 0 Å². The van der Waals surface area contributed by atoms with E-state index in [2.05, 4.69) is 36.0 Å². The molecular formula is C13H15NO. The molecule has 0 aliphatic heterocycles. The van der Waals surface area contributed by atoms with Crippen molar-refractivity contribution in [2.75, 3.05) is 6.61 Å². The van der Waals surface area contributed by atoms with Gasteiger partial charge in [-0.2, -0.15) is 0 Å². The summed E-state index contributed by atoms with van der Waals surface area (Å²) in [6.07, 6.45) is 4.72. The Morgan fingerprint density at radius 2 is 2.07 bits per heavy atom. The van der Waals surface area contributed by atoms with Gasteiger partial charge in [-0.25, -0.2) is 0 Å². The van der Waals surface area contributed by atoms with Crippen molar-refractivity contribution < 1.29 is 4.84 Å². The van der Waals surface area contributed by atoms with Crippen LogP contribution in [-0.4, -0.2) is 12.3 Å². The molecule has 0 radical (unpaired) electrons. The molecule has 1 aliphatic carbocycles. The van der Waals surface area contributed by atoms with Crippen LogP contribution in [0.1, 0.15) is 17.5 Å². The summed E-state index contributed by atoms with van der Waals surface area (Å²) in [6, 6.07) is 8.52. The molecule has 0 amide bonds. The Morgan fingerprint density at radius 1 is 1.27 bits per heavy atom. The molecule has 0 heterocycles. The second kappa shape index (κ2) is 4.78. The molecule has 0 aromatic heterocycles. The van der Waals surface area contributed by atoms with Gasteiger partial charge in [-0.05, 0) is 24.0 Å². The first-order valence-electron chi connectivity index (χ1n) is 5.25. The monoisotopic (exact) mass is 201 g/mol. The van der Waals surface area contributed by atoms with Crippen molar-refractivity contribution >= 4 is 5.71 Å². The fourth-order valence-electron chi connectivity index (χ4n) is 1.82. The smallest absolute Gasteiger partial charge is 0.135 e. The minimum atomic E-state index is 0.491. The van der Waals surface area contributed by atoms with Crippen LogP contribution < -0.4 is 0 Å². The van der Waals surface area contributed by atoms with Gasteiger partial charge in [-0.3, -0.25) is 0 Å². The Kier molecular flexibility index (Phi) is 3.18. The molecule has 2 heteroatoms. The molecule has 1 aromatic carbocycles. The highest BCUT2D eigenvalue weighted by Crippen LogP contribution is 2.19. The van der Waals surface area contributed by atoms with Gasteiger partial charge in [-0.1, -0.05) is 42.1 Å². The zero-order chi connectivity index (χ0) is 10.5. The lowest BCUT2D eigenvalue weighted by atomic mass is 9.91. The predicted molar refractivity (Wildman–Crippen MR) is 62.1 cm³/mol. The van der Waals surface area contributed by atoms with Gasteiger partial charge in [0.1, 0.15) is 6.61 Å². The van der Waals surface area contributed by atoms with Gasteiger partial charge in [0.25, 0.3) is 0 Å². The molecule has 0 saturated heterocycles. The molecule has 2 nitrogen and oxygen atoms in total. The van der Waals surface area contributed by atoms with Crippen LogP contribution >= 0.6 is 0 Å². The minimum Gasteiger partial charge on any atom is -0.392 e. The van der Waals surface area contributed by atoms with Crippen LogP contribution in [0.15, 0.2) is 42.1 Å². The van der Waals surface area contributed by atoms with E-state index in [0.717, 1.165) is 25.0 Å². The zero-order valence-electron chi connectivity index (χ0n) is 8.78. The van der Waals surface area contributed by atoms with E-state index in [1.54, 1.807) is 6.08 Å². The van der Waals surface area contributed by atoms with Crippen molar-refractivity contribution in [2.45, 2.75) is 19.3 Å². The van der Waals surface area contributed by atoms with Gasteiger partial charge in [0.05, 0.1) is 5.71 Å². The fourth-order valence-corrected chi connectivity index (χ4v) is 1.82. The van der Waals surface area contributed by atoms with E-state index < -0.39 is 0 Å². The molecule has 1 aliphatic rings. The zero-order valence-corrected chi connectivity index (χ0v) is 8.78. The number of benzene rings is 1. The van der Waals surface area contributed by atoms with Crippen LogP contribution in [0.3, 0.4) is 0 Å². The molecule has 0 atom stereocenters. The first-order chi connectivity index (χ1) is 7.40. The average molecular weight is 201 g/mol. The molecule has 78 valence electrons. The van der Waals surface area contributed by atoms with Gasteiger partial charge in [0.15, 0.2) is 0 Å². The number of hydrogen-bond acceptors (Lipinski definition) is 2. The van der Waals surface area contributed by atoms with Crippen molar-refractivity contribution in [1.82, 2.24) is 0 Å². The van der Waals surface area contributed by atoms with E-state index >= 15 is 0 Å². The van der Waals surface area contributed by atoms with Crippen LogP contribution in [0, 0.1) is 0 Å². The third kappa shape index (κ3) is 2.46. The lowest BCUT2D eigenvalue weighted by Gasteiger charge is -2.16. The SMILES string of the molecule is C=CCO/N=C1\CCc2ccccc2C1. The molecule has 15 heavy (non-hydrogen) atoms. The molecule has 0 fully saturated rings. The van der Waals surface area contributed by atoms with E-state index in [9.17, 15) is 0 Å². The van der Waals surface area contributed by atoms with Gasteiger partial charge in [0.2, 0.25) is 0 Å². The number of oxime groups is 1. The quantitative estimate of drug-likeness (QED) is 0.418. The Morgan fingerprint density at radius 3 is 2.87 bits per heavy atom. The molecular weight excluding hydrogens is 186 g/mol. The Labute approximate surface area is 90.3 Å². The molecule has 0 unspecified atom stereocenters. The van der Waals surface area contributed by atoms with Crippen LogP contribution in [-0.2, 0) is 17.7 Å². The van der Waals surface area contributed by atoms with Crippen molar-refractivity contribution in [1.29, 1.82) is 0 Å². The number of aryl methyl sites for hydroxylation is 1. The third-order valence-electron chi connectivity index (χ3n) is 2.58. The molecule has 2 rings (SSSR count). The van der Waals surface area contributed by atoms with Crippen molar-refractivity contribution in [3.05, 3.63) is 48.0 Å². The summed E-state index contributed by atoms with van der Waals surface area (Å²) in [4.78, 5) is 5.11. The Hall–Kier alpha value is -1.57. The topological polar surface area (TPSA) is 21.6 Å². The maximum absolute atomic E-state index is 5.11. The summed E-state index contributed by atoms with van der Waals surface area (Å²) in [7, 11) is 0. The summed E-state index contributed by atoms with van der Waals surface area (Å²) in [5.74, 6) is 0. The summed E-state index contributed by atoms with van der Waals surface area (Å²) >= 11 is 0. The summed E-state index contributed by atoms with van der Waals surface area (Å²) in [5.41, 5.74) is 3.96. The average Bonchev–Trinajstić information content (AvgIpc) is 2.29. The molecule has 0 spiro atoms. The van der Waals surface area contributed by atoms with E-state index in [-0.39, 0.29) is 0 Å². The van der Waals surface area contributed by atoms with Gasteiger partial charge in [-0.15, -0.1) is 0 Å². The normalized spacial score (nSPS) is 17.2. The van der Waals surface area contributed by atoms with E-state index in [1.165, 1.54) is 11.1 Å². The highest BCUT2D eigenvalue weighted by molar-refractivity contribution is 5.88. The maximum atomic E-state index is 5.11. The molecule has 0 bridgehead atoms. The number of nitrogens with zero attached hydrogens (tertiary/aromatic N) is 1. The van der Waals surface area contributed by atoms with Crippen LogP contribution in [0.2, 0.25) is 0 Å². The van der Waals surface area contributed by atoms with Crippen molar-refractivity contribution in [3.8, 4) is 0 Å². The maximum Gasteiger partial charge on any atom is 0.135 e. The second-order valence-corrected chi connectivity index (χ2v) is 3.69. The summed E-state index contributed by atoms with van der Waals surface area (Å²) in [6.45, 7) is 4.08. The first kappa shape index (κ1) is 9.97. The minimum absolute atomic E-state index is 0.491. The largest absolute Gasteiger partial charge is 0.392 e. The van der Waals surface area contributed by atoms with Crippen molar-refractivity contribution in [2.24, 2.45) is 5.16 Å². The lowest BCUT2D eigenvalue weighted by molar-refractivity contribution is 0.173. The van der Waals surface area contributed by atoms with Crippen LogP contribution in [0.25, 0.3) is 0 Å². The number of fused-ring (bicyclic) bond motifs is 1.